The Balaban J connectivity index is 2.60. The van der Waals surface area contributed by atoms with E-state index >= 15 is 0 Å². The Bertz CT molecular complexity index is 224. The summed E-state index contributed by atoms with van der Waals surface area (Å²) in [6.45, 7) is 0.221. The van der Waals surface area contributed by atoms with Gasteiger partial charge in [0.15, 0.2) is 0 Å². The first-order chi connectivity index (χ1) is 5.83. The molecule has 0 saturated heterocycles. The van der Waals surface area contributed by atoms with Gasteiger partial charge < -0.3 is 10.8 Å². The Morgan fingerprint density at radius 2 is 2.50 bits per heavy atom. The molecule has 0 aromatic rings. The maximum Gasteiger partial charge on any atom is 0.0468 e. The van der Waals surface area contributed by atoms with Crippen LogP contribution in [0.2, 0.25) is 0 Å². The summed E-state index contributed by atoms with van der Waals surface area (Å²) in [5.41, 5.74) is 10.0. The lowest BCUT2D eigenvalue weighted by Crippen LogP contribution is -2.15. The van der Waals surface area contributed by atoms with Crippen LogP contribution in [0.4, 0.5) is 0 Å². The summed E-state index contributed by atoms with van der Waals surface area (Å²) in [6.07, 6.45) is 8.46. The molecule has 0 bridgehead atoms. The molecule has 0 heterocycles. The van der Waals surface area contributed by atoms with E-state index in [9.17, 15) is 0 Å². The summed E-state index contributed by atoms with van der Waals surface area (Å²) in [4.78, 5) is 0. The molecule has 0 aliphatic heterocycles. The van der Waals surface area contributed by atoms with E-state index in [1.165, 1.54) is 5.57 Å². The third-order valence-corrected chi connectivity index (χ3v) is 1.90. The molecule has 66 valence electrons. The number of aliphatic hydroxyl groups excluding tert-OH is 1. The van der Waals surface area contributed by atoms with Crippen LogP contribution >= 0.6 is 0 Å². The second kappa shape index (κ2) is 4.94. The van der Waals surface area contributed by atoms with Crippen LogP contribution in [0.5, 0.6) is 0 Å². The van der Waals surface area contributed by atoms with E-state index in [2.05, 4.69) is 11.8 Å². The van der Waals surface area contributed by atoms with Crippen molar-refractivity contribution in [2.45, 2.75) is 25.3 Å². The highest BCUT2D eigenvalue weighted by molar-refractivity contribution is 5.12. The van der Waals surface area contributed by atoms with Crippen LogP contribution in [0.3, 0.4) is 0 Å². The van der Waals surface area contributed by atoms with E-state index < -0.39 is 0 Å². The monoisotopic (exact) mass is 165 g/mol. The number of aliphatic hydroxyl groups is 1. The van der Waals surface area contributed by atoms with Crippen molar-refractivity contribution in [1.82, 2.24) is 0 Å². The number of rotatable bonds is 2. The van der Waals surface area contributed by atoms with E-state index in [0.717, 1.165) is 19.3 Å². The number of nitrogens with two attached hydrogens (primary N) is 1. The van der Waals surface area contributed by atoms with Crippen molar-refractivity contribution in [3.8, 4) is 0 Å². The molecule has 0 spiro atoms. The first kappa shape index (κ1) is 9.27. The van der Waals surface area contributed by atoms with Gasteiger partial charge in [0.25, 0.3) is 0 Å². The van der Waals surface area contributed by atoms with E-state index in [1.807, 2.05) is 12.2 Å². The summed E-state index contributed by atoms with van der Waals surface area (Å²) in [5.74, 6) is 0. The standard InChI is InChI=1S/C10H15NO/c11-10-4-2-1-3-9(5-6-10)7-8-12/h1,4-5,10,12H,3,6-8,11H2. The van der Waals surface area contributed by atoms with E-state index in [1.54, 1.807) is 0 Å². The fourth-order valence-electron chi connectivity index (χ4n) is 1.18. The lowest BCUT2D eigenvalue weighted by atomic mass is 10.0. The molecule has 0 radical (unpaired) electrons. The summed E-state index contributed by atoms with van der Waals surface area (Å²) in [7, 11) is 0. The van der Waals surface area contributed by atoms with Gasteiger partial charge in [0, 0.05) is 12.6 Å². The van der Waals surface area contributed by atoms with Crippen molar-refractivity contribution in [1.29, 1.82) is 0 Å². The molecule has 12 heavy (non-hydrogen) atoms. The van der Waals surface area contributed by atoms with Crippen molar-refractivity contribution in [3.05, 3.63) is 29.5 Å². The Morgan fingerprint density at radius 3 is 3.25 bits per heavy atom. The van der Waals surface area contributed by atoms with Crippen LogP contribution in [0.15, 0.2) is 29.5 Å². The van der Waals surface area contributed by atoms with Gasteiger partial charge >= 0.3 is 0 Å². The molecule has 0 saturated carbocycles. The Kier molecular flexibility index (Phi) is 3.81. The van der Waals surface area contributed by atoms with Crippen molar-refractivity contribution >= 4 is 0 Å². The summed E-state index contributed by atoms with van der Waals surface area (Å²) in [5, 5.41) is 8.73. The highest BCUT2D eigenvalue weighted by Gasteiger charge is 1.99. The normalized spacial score (nSPS) is 23.2. The molecule has 0 aromatic carbocycles. The Labute approximate surface area is 73.1 Å². The average molecular weight is 165 g/mol. The maximum absolute atomic E-state index is 8.73. The third kappa shape index (κ3) is 3.05. The minimum Gasteiger partial charge on any atom is -0.396 e. The first-order valence-corrected chi connectivity index (χ1v) is 4.28. The van der Waals surface area contributed by atoms with E-state index in [-0.39, 0.29) is 12.6 Å². The van der Waals surface area contributed by atoms with Gasteiger partial charge in [-0.25, -0.2) is 0 Å². The van der Waals surface area contributed by atoms with Crippen LogP contribution in [0.25, 0.3) is 0 Å². The average Bonchev–Trinajstić information content (AvgIpc) is 2.04. The van der Waals surface area contributed by atoms with Gasteiger partial charge in [-0.1, -0.05) is 11.6 Å². The zero-order chi connectivity index (χ0) is 8.81. The predicted molar refractivity (Wildman–Crippen MR) is 49.6 cm³/mol. The first-order valence-electron chi connectivity index (χ1n) is 4.28. The maximum atomic E-state index is 8.73. The molecule has 2 nitrogen and oxygen atoms in total. The van der Waals surface area contributed by atoms with Crippen LogP contribution in [-0.4, -0.2) is 17.8 Å². The van der Waals surface area contributed by atoms with Gasteiger partial charge in [0.2, 0.25) is 0 Å². The minimum atomic E-state index is 0.0789. The third-order valence-electron chi connectivity index (χ3n) is 1.90. The van der Waals surface area contributed by atoms with Crippen molar-refractivity contribution < 1.29 is 5.11 Å². The fourth-order valence-corrected chi connectivity index (χ4v) is 1.18. The quantitative estimate of drug-likeness (QED) is 0.476. The van der Waals surface area contributed by atoms with Gasteiger partial charge in [-0.05, 0) is 31.4 Å². The lowest BCUT2D eigenvalue weighted by molar-refractivity contribution is 0.298. The SMILES string of the molecule is NC1C=C=CCC(CCO)=CC1. The molecule has 1 atom stereocenters. The van der Waals surface area contributed by atoms with Gasteiger partial charge in [0.05, 0.1) is 0 Å². The highest BCUT2D eigenvalue weighted by Crippen LogP contribution is 2.11. The molecule has 1 aliphatic carbocycles. The van der Waals surface area contributed by atoms with Crippen LogP contribution in [0, 0.1) is 0 Å². The lowest BCUT2D eigenvalue weighted by Gasteiger charge is -2.06. The van der Waals surface area contributed by atoms with E-state index in [4.69, 9.17) is 10.8 Å². The second-order valence-corrected chi connectivity index (χ2v) is 2.98. The van der Waals surface area contributed by atoms with Crippen molar-refractivity contribution in [3.63, 3.8) is 0 Å². The van der Waals surface area contributed by atoms with E-state index in [0.29, 0.717) is 0 Å². The molecule has 1 aliphatic rings. The van der Waals surface area contributed by atoms with Crippen molar-refractivity contribution in [2.75, 3.05) is 6.61 Å². The van der Waals surface area contributed by atoms with Gasteiger partial charge in [-0.15, -0.1) is 5.73 Å². The largest absolute Gasteiger partial charge is 0.396 e. The Hall–Kier alpha value is -0.820. The summed E-state index contributed by atoms with van der Waals surface area (Å²) < 4.78 is 0. The molecular formula is C10H15NO. The number of hydrogen-bond donors (Lipinski definition) is 2. The minimum absolute atomic E-state index is 0.0789. The molecule has 1 rings (SSSR count). The zero-order valence-corrected chi connectivity index (χ0v) is 7.16. The number of hydrogen-bond acceptors (Lipinski definition) is 2. The zero-order valence-electron chi connectivity index (χ0n) is 7.16. The summed E-state index contributed by atoms with van der Waals surface area (Å²) in [6, 6.07) is 0.0789. The van der Waals surface area contributed by atoms with Gasteiger partial charge in [0.1, 0.15) is 0 Å². The van der Waals surface area contributed by atoms with Crippen LogP contribution < -0.4 is 5.73 Å². The molecule has 0 fully saturated rings. The van der Waals surface area contributed by atoms with Crippen LogP contribution in [-0.2, 0) is 0 Å². The second-order valence-electron chi connectivity index (χ2n) is 2.98. The van der Waals surface area contributed by atoms with Crippen LogP contribution in [0.1, 0.15) is 19.3 Å². The smallest absolute Gasteiger partial charge is 0.0468 e. The van der Waals surface area contributed by atoms with Crippen molar-refractivity contribution in [2.24, 2.45) is 5.73 Å². The Morgan fingerprint density at radius 1 is 1.67 bits per heavy atom. The molecule has 1 unspecified atom stereocenters. The molecular weight excluding hydrogens is 150 g/mol. The van der Waals surface area contributed by atoms with Gasteiger partial charge in [-0.2, -0.15) is 0 Å². The molecule has 2 heteroatoms. The molecule has 0 aromatic heterocycles. The highest BCUT2D eigenvalue weighted by atomic mass is 16.2. The molecule has 0 amide bonds. The topological polar surface area (TPSA) is 46.2 Å². The summed E-state index contributed by atoms with van der Waals surface area (Å²) >= 11 is 0. The predicted octanol–water partition coefficient (Wildman–Crippen LogP) is 1.13. The fraction of sp³-hybridized carbons (Fsp3) is 0.500. The molecule has 3 N–H and O–H groups in total. The van der Waals surface area contributed by atoms with Gasteiger partial charge in [-0.3, -0.25) is 0 Å².